The first kappa shape index (κ1) is 18.5. The Labute approximate surface area is 161 Å². The minimum Gasteiger partial charge on any atom is -0.473 e. The molecule has 6 nitrogen and oxygen atoms in total. The summed E-state index contributed by atoms with van der Waals surface area (Å²) in [6.07, 6.45) is 5.88. The van der Waals surface area contributed by atoms with Gasteiger partial charge in [-0.15, -0.1) is 0 Å². The van der Waals surface area contributed by atoms with E-state index in [1.807, 2.05) is 32.9 Å². The second kappa shape index (κ2) is 7.30. The molecule has 0 spiro atoms. The number of likely N-dealkylation sites (tertiary alicyclic amines) is 1. The van der Waals surface area contributed by atoms with Crippen molar-refractivity contribution in [3.05, 3.63) is 23.4 Å². The summed E-state index contributed by atoms with van der Waals surface area (Å²) >= 11 is 0. The molecule has 6 heteroatoms. The molecule has 1 aliphatic carbocycles. The Morgan fingerprint density at radius 2 is 2.00 bits per heavy atom. The zero-order valence-electron chi connectivity index (χ0n) is 16.7. The average Bonchev–Trinajstić information content (AvgIpc) is 2.99. The van der Waals surface area contributed by atoms with E-state index in [1.54, 1.807) is 4.90 Å². The lowest BCUT2D eigenvalue weighted by Crippen LogP contribution is -2.40. The van der Waals surface area contributed by atoms with Crippen molar-refractivity contribution in [1.82, 2.24) is 14.8 Å². The summed E-state index contributed by atoms with van der Waals surface area (Å²) in [6.45, 7) is 9.03. The van der Waals surface area contributed by atoms with Gasteiger partial charge in [-0.1, -0.05) is 12.5 Å². The topological polar surface area (TPSA) is 54.9 Å². The van der Waals surface area contributed by atoms with Crippen LogP contribution in [0.4, 0.5) is 4.79 Å². The van der Waals surface area contributed by atoms with Crippen LogP contribution in [-0.2, 0) is 17.7 Å². The maximum Gasteiger partial charge on any atom is 0.410 e. The van der Waals surface area contributed by atoms with Crippen molar-refractivity contribution in [1.29, 1.82) is 0 Å². The summed E-state index contributed by atoms with van der Waals surface area (Å²) in [5, 5.41) is 0. The fourth-order valence-corrected chi connectivity index (χ4v) is 4.05. The maximum absolute atomic E-state index is 12.3. The number of aromatic nitrogens is 1. The highest BCUT2D eigenvalue weighted by molar-refractivity contribution is 5.68. The Hall–Kier alpha value is -1.82. The van der Waals surface area contributed by atoms with Gasteiger partial charge in [0.15, 0.2) is 0 Å². The van der Waals surface area contributed by atoms with E-state index in [-0.39, 0.29) is 12.2 Å². The molecule has 2 fully saturated rings. The van der Waals surface area contributed by atoms with Gasteiger partial charge in [-0.05, 0) is 45.6 Å². The lowest BCUT2D eigenvalue weighted by molar-refractivity contribution is 0.0222. The molecule has 3 aliphatic rings. The third kappa shape index (κ3) is 4.37. The molecule has 1 amide bonds. The number of hydrogen-bond acceptors (Lipinski definition) is 5. The number of carbonyl (C=O) groups excluding carboxylic acids is 1. The third-order valence-corrected chi connectivity index (χ3v) is 5.73. The van der Waals surface area contributed by atoms with Crippen molar-refractivity contribution >= 4 is 6.09 Å². The third-order valence-electron chi connectivity index (χ3n) is 5.73. The highest BCUT2D eigenvalue weighted by Crippen LogP contribution is 2.29. The molecule has 1 atom stereocenters. The first-order valence-corrected chi connectivity index (χ1v) is 10.2. The molecule has 0 aromatic carbocycles. The first-order valence-electron chi connectivity index (χ1n) is 10.2. The van der Waals surface area contributed by atoms with E-state index < -0.39 is 5.60 Å². The second-order valence-electron chi connectivity index (χ2n) is 9.02. The van der Waals surface area contributed by atoms with Crippen molar-refractivity contribution in [3.8, 4) is 5.88 Å². The lowest BCUT2D eigenvalue weighted by Gasteiger charge is -2.34. The summed E-state index contributed by atoms with van der Waals surface area (Å²) in [5.74, 6) is 0.722. The van der Waals surface area contributed by atoms with Gasteiger partial charge in [0, 0.05) is 38.2 Å². The van der Waals surface area contributed by atoms with Gasteiger partial charge < -0.3 is 14.4 Å². The number of hydrogen-bond donors (Lipinski definition) is 0. The van der Waals surface area contributed by atoms with Gasteiger partial charge in [-0.3, -0.25) is 4.90 Å². The average molecular weight is 373 g/mol. The summed E-state index contributed by atoms with van der Waals surface area (Å²) in [6, 6.07) is 4.78. The van der Waals surface area contributed by atoms with Gasteiger partial charge in [-0.2, -0.15) is 0 Å². The van der Waals surface area contributed by atoms with Gasteiger partial charge in [0.1, 0.15) is 11.7 Å². The van der Waals surface area contributed by atoms with Gasteiger partial charge in [0.2, 0.25) is 5.88 Å². The van der Waals surface area contributed by atoms with Crippen molar-refractivity contribution in [2.24, 2.45) is 0 Å². The Kier molecular flexibility index (Phi) is 5.01. The Balaban J connectivity index is 1.34. The first-order chi connectivity index (χ1) is 12.9. The fraction of sp³-hybridized carbons (Fsp3) is 0.714. The Morgan fingerprint density at radius 3 is 2.70 bits per heavy atom. The van der Waals surface area contributed by atoms with Crippen LogP contribution in [0, 0.1) is 0 Å². The van der Waals surface area contributed by atoms with E-state index in [1.165, 1.54) is 19.3 Å². The van der Waals surface area contributed by atoms with Crippen LogP contribution in [0.5, 0.6) is 5.88 Å². The molecular weight excluding hydrogens is 342 g/mol. The minimum absolute atomic E-state index is 0.248. The zero-order valence-corrected chi connectivity index (χ0v) is 16.7. The molecule has 1 saturated heterocycles. The molecule has 2 aliphatic heterocycles. The molecule has 0 N–H and O–H groups in total. The van der Waals surface area contributed by atoms with E-state index in [2.05, 4.69) is 4.90 Å². The van der Waals surface area contributed by atoms with Gasteiger partial charge in [-0.25, -0.2) is 9.78 Å². The van der Waals surface area contributed by atoms with Crippen molar-refractivity contribution in [2.75, 3.05) is 19.6 Å². The van der Waals surface area contributed by atoms with Gasteiger partial charge in [0.05, 0.1) is 12.2 Å². The highest BCUT2D eigenvalue weighted by Gasteiger charge is 2.33. The summed E-state index contributed by atoms with van der Waals surface area (Å²) in [7, 11) is 0. The number of carbonyl (C=O) groups is 1. The van der Waals surface area contributed by atoms with Crippen LogP contribution in [0.2, 0.25) is 0 Å². The molecule has 0 bridgehead atoms. The second-order valence-corrected chi connectivity index (χ2v) is 9.02. The predicted molar refractivity (Wildman–Crippen MR) is 103 cm³/mol. The van der Waals surface area contributed by atoms with Crippen LogP contribution in [0.15, 0.2) is 12.1 Å². The molecule has 0 radical (unpaired) electrons. The minimum atomic E-state index is -0.470. The molecule has 1 aromatic heterocycles. The Bertz CT molecular complexity index is 696. The number of nitrogens with zero attached hydrogens (tertiary/aromatic N) is 3. The predicted octanol–water partition coefficient (Wildman–Crippen LogP) is 3.38. The van der Waals surface area contributed by atoms with E-state index >= 15 is 0 Å². The lowest BCUT2D eigenvalue weighted by atomic mass is 9.92. The number of pyridine rings is 1. The smallest absolute Gasteiger partial charge is 0.410 e. The number of ether oxygens (including phenoxy) is 2. The summed E-state index contributed by atoms with van der Waals surface area (Å²) in [4.78, 5) is 21.3. The normalized spacial score (nSPS) is 23.7. The van der Waals surface area contributed by atoms with Crippen LogP contribution in [0.1, 0.15) is 57.7 Å². The molecular formula is C21H31N3O3. The molecule has 1 saturated carbocycles. The molecule has 4 rings (SSSR count). The SMILES string of the molecule is CC(C)(C)OC(=O)N1CCc2nc(O[C@@H]3CCN(C4CCC4)C3)ccc2C1. The van der Waals surface area contributed by atoms with Crippen LogP contribution < -0.4 is 4.74 Å². The van der Waals surface area contributed by atoms with Gasteiger partial charge >= 0.3 is 6.09 Å². The van der Waals surface area contributed by atoms with Crippen molar-refractivity contribution < 1.29 is 14.3 Å². The highest BCUT2D eigenvalue weighted by atomic mass is 16.6. The van der Waals surface area contributed by atoms with Crippen LogP contribution in [0.25, 0.3) is 0 Å². The Morgan fingerprint density at radius 1 is 1.19 bits per heavy atom. The summed E-state index contributed by atoms with van der Waals surface area (Å²) < 4.78 is 11.7. The number of fused-ring (bicyclic) bond motifs is 1. The molecule has 27 heavy (non-hydrogen) atoms. The number of amides is 1. The van der Waals surface area contributed by atoms with E-state index in [0.717, 1.165) is 49.1 Å². The van der Waals surface area contributed by atoms with E-state index in [0.29, 0.717) is 13.1 Å². The van der Waals surface area contributed by atoms with Crippen LogP contribution >= 0.6 is 0 Å². The van der Waals surface area contributed by atoms with Crippen LogP contribution in [-0.4, -0.2) is 58.3 Å². The molecule has 1 aromatic rings. The fourth-order valence-electron chi connectivity index (χ4n) is 4.05. The zero-order chi connectivity index (χ0) is 19.0. The monoisotopic (exact) mass is 373 g/mol. The number of rotatable bonds is 3. The summed E-state index contributed by atoms with van der Waals surface area (Å²) in [5.41, 5.74) is 1.66. The quantitative estimate of drug-likeness (QED) is 0.813. The van der Waals surface area contributed by atoms with Gasteiger partial charge in [0.25, 0.3) is 0 Å². The maximum atomic E-state index is 12.3. The molecule has 0 unspecified atom stereocenters. The standard InChI is InChI=1S/C21H31N3O3/c1-21(2,3)27-20(25)24-12-10-18-15(13-24)7-8-19(22-18)26-17-9-11-23(14-17)16-5-4-6-16/h7-8,16-17H,4-6,9-14H2,1-3H3/t17-/m1/s1. The van der Waals surface area contributed by atoms with E-state index in [4.69, 9.17) is 14.5 Å². The van der Waals surface area contributed by atoms with E-state index in [9.17, 15) is 4.79 Å². The van der Waals surface area contributed by atoms with Crippen LogP contribution in [0.3, 0.4) is 0 Å². The van der Waals surface area contributed by atoms with Crippen molar-refractivity contribution in [2.45, 2.75) is 77.2 Å². The van der Waals surface area contributed by atoms with Crippen molar-refractivity contribution in [3.63, 3.8) is 0 Å². The molecule has 3 heterocycles. The molecule has 148 valence electrons. The largest absolute Gasteiger partial charge is 0.473 e.